The topological polar surface area (TPSA) is 117 Å². The van der Waals surface area contributed by atoms with Crippen LogP contribution in [0.2, 0.25) is 0 Å². The standard InChI is InChI=1S/C29H36N4O5S/c1-16-9-25(39-4)23(29(35)32-16)12-31-28(34)22-10-19(11-30)27-26(17(22)2)38-24(15-37-27)18-5-7-20(8-6-18)33-13-21(14-33)36-3/h9-10,18,20-21,24H,5-8,12-15H2,1-4H3,(H,31,34)(H,32,35)/t18-,20+,24-/m1/s1. The zero-order valence-electron chi connectivity index (χ0n) is 23.0. The van der Waals surface area contributed by atoms with Gasteiger partial charge >= 0.3 is 0 Å². The monoisotopic (exact) mass is 552 g/mol. The van der Waals surface area contributed by atoms with Gasteiger partial charge in [0.25, 0.3) is 11.5 Å². The third kappa shape index (κ3) is 5.53. The predicted octanol–water partition coefficient (Wildman–Crippen LogP) is 3.54. The Morgan fingerprint density at radius 1 is 1.23 bits per heavy atom. The number of aromatic amines is 1. The van der Waals surface area contributed by atoms with Crippen LogP contribution in [0, 0.1) is 31.1 Å². The molecule has 10 heteroatoms. The van der Waals surface area contributed by atoms with Gasteiger partial charge in [-0.25, -0.2) is 0 Å². The number of rotatable bonds is 7. The molecule has 2 aromatic rings. The van der Waals surface area contributed by atoms with Gasteiger partial charge < -0.3 is 24.5 Å². The lowest BCUT2D eigenvalue weighted by atomic mass is 9.81. The first-order chi connectivity index (χ1) is 18.8. The Labute approximate surface area is 233 Å². The van der Waals surface area contributed by atoms with Crippen molar-refractivity contribution in [2.24, 2.45) is 5.92 Å². The minimum absolute atomic E-state index is 0.0778. The molecule has 0 unspecified atom stereocenters. The number of carbonyl (C=O) groups excluding carboxylic acids is 1. The molecule has 1 saturated carbocycles. The van der Waals surface area contributed by atoms with Crippen molar-refractivity contribution in [2.45, 2.75) is 69.2 Å². The van der Waals surface area contributed by atoms with Gasteiger partial charge in [0.15, 0.2) is 11.5 Å². The number of nitrogens with one attached hydrogen (secondary N) is 2. The van der Waals surface area contributed by atoms with E-state index in [0.717, 1.165) is 49.4 Å². The smallest absolute Gasteiger partial charge is 0.254 e. The van der Waals surface area contributed by atoms with E-state index in [0.29, 0.717) is 52.9 Å². The molecule has 0 radical (unpaired) electrons. The van der Waals surface area contributed by atoms with E-state index < -0.39 is 0 Å². The zero-order chi connectivity index (χ0) is 27.7. The molecule has 5 rings (SSSR count). The number of ether oxygens (including phenoxy) is 3. The number of fused-ring (bicyclic) bond motifs is 1. The van der Waals surface area contributed by atoms with Crippen molar-refractivity contribution in [3.63, 3.8) is 0 Å². The molecule has 0 bridgehead atoms. The summed E-state index contributed by atoms with van der Waals surface area (Å²) in [5.74, 6) is 0.868. The molecule has 1 aromatic carbocycles. The van der Waals surface area contributed by atoms with Crippen LogP contribution in [0.5, 0.6) is 11.5 Å². The summed E-state index contributed by atoms with van der Waals surface area (Å²) in [6.07, 6.45) is 6.48. The number of H-pyrrole nitrogens is 1. The first kappa shape index (κ1) is 27.6. The molecule has 1 atom stereocenters. The Hall–Kier alpha value is -3.00. The Balaban J connectivity index is 1.29. The van der Waals surface area contributed by atoms with Crippen LogP contribution in [0.25, 0.3) is 0 Å². The molecule has 208 valence electrons. The van der Waals surface area contributed by atoms with Crippen LogP contribution in [0.4, 0.5) is 0 Å². The number of nitriles is 1. The summed E-state index contributed by atoms with van der Waals surface area (Å²) in [7, 11) is 1.78. The van der Waals surface area contributed by atoms with E-state index in [1.807, 2.05) is 26.2 Å². The van der Waals surface area contributed by atoms with Crippen molar-refractivity contribution in [1.29, 1.82) is 5.26 Å². The molecule has 1 aliphatic carbocycles. The Kier molecular flexibility index (Phi) is 8.21. The van der Waals surface area contributed by atoms with Crippen molar-refractivity contribution >= 4 is 17.7 Å². The summed E-state index contributed by atoms with van der Waals surface area (Å²) in [6, 6.07) is 6.20. The predicted molar refractivity (Wildman–Crippen MR) is 149 cm³/mol. The maximum absolute atomic E-state index is 13.3. The van der Waals surface area contributed by atoms with Crippen LogP contribution in [-0.4, -0.2) is 67.1 Å². The van der Waals surface area contributed by atoms with Gasteiger partial charge in [0, 0.05) is 60.1 Å². The number of carbonyl (C=O) groups is 1. The minimum atomic E-state index is -0.367. The van der Waals surface area contributed by atoms with Crippen molar-refractivity contribution < 1.29 is 19.0 Å². The van der Waals surface area contributed by atoms with Crippen LogP contribution in [0.1, 0.15) is 58.4 Å². The second-order valence-electron chi connectivity index (χ2n) is 10.7. The highest BCUT2D eigenvalue weighted by Crippen LogP contribution is 2.43. The molecule has 1 aromatic heterocycles. The average molecular weight is 553 g/mol. The highest BCUT2D eigenvalue weighted by atomic mass is 32.2. The number of aromatic nitrogens is 1. The Morgan fingerprint density at radius 2 is 1.97 bits per heavy atom. The molecule has 3 heterocycles. The van der Waals surface area contributed by atoms with Gasteiger partial charge in [-0.3, -0.25) is 14.5 Å². The molecule has 3 aliphatic rings. The molecule has 2 N–H and O–H groups in total. The number of aryl methyl sites for hydroxylation is 1. The Bertz CT molecular complexity index is 1340. The maximum atomic E-state index is 13.3. The second kappa shape index (κ2) is 11.6. The first-order valence-electron chi connectivity index (χ1n) is 13.5. The number of methoxy groups -OCH3 is 1. The molecular formula is C29H36N4O5S. The summed E-state index contributed by atoms with van der Waals surface area (Å²) in [5.41, 5.74) is 2.30. The highest BCUT2D eigenvalue weighted by molar-refractivity contribution is 7.98. The number of pyridine rings is 1. The third-order valence-corrected chi connectivity index (χ3v) is 9.18. The maximum Gasteiger partial charge on any atom is 0.254 e. The molecular weight excluding hydrogens is 516 g/mol. The molecule has 39 heavy (non-hydrogen) atoms. The molecule has 2 aliphatic heterocycles. The van der Waals surface area contributed by atoms with Crippen molar-refractivity contribution in [2.75, 3.05) is 33.1 Å². The third-order valence-electron chi connectivity index (χ3n) is 8.38. The van der Waals surface area contributed by atoms with Gasteiger partial charge in [0.05, 0.1) is 11.7 Å². The molecule has 0 spiro atoms. The van der Waals surface area contributed by atoms with Gasteiger partial charge in [-0.15, -0.1) is 11.8 Å². The van der Waals surface area contributed by atoms with E-state index in [1.165, 1.54) is 11.8 Å². The molecule has 2 fully saturated rings. The number of hydrogen-bond donors (Lipinski definition) is 2. The van der Waals surface area contributed by atoms with Gasteiger partial charge in [0.2, 0.25) is 0 Å². The quantitative estimate of drug-likeness (QED) is 0.501. The van der Waals surface area contributed by atoms with Crippen LogP contribution in [-0.2, 0) is 11.3 Å². The summed E-state index contributed by atoms with van der Waals surface area (Å²) in [5, 5.41) is 12.7. The van der Waals surface area contributed by atoms with E-state index in [4.69, 9.17) is 14.2 Å². The fraction of sp³-hybridized carbons (Fsp3) is 0.552. The number of likely N-dealkylation sites (tertiary alicyclic amines) is 1. The summed E-state index contributed by atoms with van der Waals surface area (Å²) >= 11 is 1.46. The van der Waals surface area contributed by atoms with Crippen molar-refractivity contribution in [1.82, 2.24) is 15.2 Å². The van der Waals surface area contributed by atoms with E-state index in [-0.39, 0.29) is 29.7 Å². The zero-order valence-corrected chi connectivity index (χ0v) is 23.8. The van der Waals surface area contributed by atoms with E-state index in [2.05, 4.69) is 21.3 Å². The fourth-order valence-corrected chi connectivity index (χ4v) is 6.68. The fourth-order valence-electron chi connectivity index (χ4n) is 5.98. The number of amides is 1. The lowest BCUT2D eigenvalue weighted by molar-refractivity contribution is -0.0649. The summed E-state index contributed by atoms with van der Waals surface area (Å²) in [6.45, 7) is 6.15. The van der Waals surface area contributed by atoms with E-state index >= 15 is 0 Å². The first-order valence-corrected chi connectivity index (χ1v) is 14.7. The summed E-state index contributed by atoms with van der Waals surface area (Å²) in [4.78, 5) is 31.9. The van der Waals surface area contributed by atoms with E-state index in [1.54, 1.807) is 13.2 Å². The highest BCUT2D eigenvalue weighted by Gasteiger charge is 2.39. The van der Waals surface area contributed by atoms with E-state index in [9.17, 15) is 14.9 Å². The second-order valence-corrected chi connectivity index (χ2v) is 11.6. The van der Waals surface area contributed by atoms with Gasteiger partial charge in [0.1, 0.15) is 18.8 Å². The number of thioether (sulfide) groups is 1. The lowest BCUT2D eigenvalue weighted by Gasteiger charge is -2.46. The van der Waals surface area contributed by atoms with Gasteiger partial charge in [-0.1, -0.05) is 0 Å². The molecule has 1 amide bonds. The Morgan fingerprint density at radius 3 is 2.64 bits per heavy atom. The molecule has 1 saturated heterocycles. The van der Waals surface area contributed by atoms with Gasteiger partial charge in [-0.05, 0) is 63.8 Å². The lowest BCUT2D eigenvalue weighted by Crippen LogP contribution is -2.57. The van der Waals surface area contributed by atoms with Crippen LogP contribution < -0.4 is 20.3 Å². The number of nitrogens with zero attached hydrogens (tertiary/aromatic N) is 2. The average Bonchev–Trinajstić information content (AvgIpc) is 2.92. The van der Waals surface area contributed by atoms with Gasteiger partial charge in [-0.2, -0.15) is 5.26 Å². The number of benzene rings is 1. The minimum Gasteiger partial charge on any atom is -0.484 e. The number of hydrogen-bond acceptors (Lipinski definition) is 8. The van der Waals surface area contributed by atoms with Crippen molar-refractivity contribution in [3.05, 3.63) is 50.4 Å². The summed E-state index contributed by atoms with van der Waals surface area (Å²) < 4.78 is 18.0. The van der Waals surface area contributed by atoms with Crippen LogP contribution >= 0.6 is 11.8 Å². The largest absolute Gasteiger partial charge is 0.484 e. The normalized spacial score (nSPS) is 23.1. The van der Waals surface area contributed by atoms with Crippen molar-refractivity contribution in [3.8, 4) is 17.6 Å². The van der Waals surface area contributed by atoms with Crippen LogP contribution in [0.15, 0.2) is 21.8 Å². The molecule has 9 nitrogen and oxygen atoms in total. The van der Waals surface area contributed by atoms with Crippen LogP contribution in [0.3, 0.4) is 0 Å². The SMILES string of the molecule is COC1CN([C@H]2CC[C@@H]([C@H]3COc4c(C#N)cc(C(=O)NCc5c(SC)cc(C)[nH]c5=O)c(C)c4O3)CC2)C1.